The van der Waals surface area contributed by atoms with E-state index in [-0.39, 0.29) is 35.2 Å². The first-order chi connectivity index (χ1) is 16.0. The lowest BCUT2D eigenvalue weighted by atomic mass is 9.80. The number of hydrogen-bond donors (Lipinski definition) is 1. The van der Waals surface area contributed by atoms with Gasteiger partial charge in [-0.2, -0.15) is 0 Å². The van der Waals surface area contributed by atoms with Crippen molar-refractivity contribution in [3.8, 4) is 5.75 Å². The van der Waals surface area contributed by atoms with Gasteiger partial charge < -0.3 is 24.3 Å². The van der Waals surface area contributed by atoms with Gasteiger partial charge in [0.1, 0.15) is 18.1 Å². The topological polar surface area (TPSA) is 100 Å². The molecule has 1 aliphatic carbocycles. The highest BCUT2D eigenvalue weighted by molar-refractivity contribution is 6.08. The van der Waals surface area contributed by atoms with E-state index < -0.39 is 11.9 Å². The van der Waals surface area contributed by atoms with Gasteiger partial charge in [0.15, 0.2) is 0 Å². The Kier molecular flexibility index (Phi) is 6.74. The van der Waals surface area contributed by atoms with Crippen molar-refractivity contribution in [1.82, 2.24) is 0 Å². The minimum atomic E-state index is -0.541. The summed E-state index contributed by atoms with van der Waals surface area (Å²) in [5.41, 5.74) is 0.969. The molecule has 2 aromatic carbocycles. The smallest absolute Gasteiger partial charge is 0.339 e. The molecule has 2 aliphatic rings. The number of anilines is 1. The molecule has 33 heavy (non-hydrogen) atoms. The Morgan fingerprint density at radius 2 is 1.79 bits per heavy atom. The van der Waals surface area contributed by atoms with Gasteiger partial charge in [0.25, 0.3) is 5.91 Å². The van der Waals surface area contributed by atoms with E-state index in [0.717, 1.165) is 6.42 Å². The summed E-state index contributed by atoms with van der Waals surface area (Å²) in [7, 11) is 2.95. The molecule has 0 bridgehead atoms. The van der Waals surface area contributed by atoms with E-state index in [1.54, 1.807) is 55.6 Å². The number of carbonyl (C=O) groups is 3. The zero-order valence-electron chi connectivity index (χ0n) is 18.4. The highest BCUT2D eigenvalue weighted by Crippen LogP contribution is 2.35. The van der Waals surface area contributed by atoms with Gasteiger partial charge in [-0.1, -0.05) is 12.1 Å². The number of ether oxygens (including phenoxy) is 4. The average Bonchev–Trinajstić information content (AvgIpc) is 2.85. The first-order valence-electron chi connectivity index (χ1n) is 10.7. The first-order valence-corrected chi connectivity index (χ1v) is 10.7. The molecular formula is C25H25NO7. The molecule has 1 N–H and O–H groups in total. The van der Waals surface area contributed by atoms with Crippen LogP contribution in [0.3, 0.4) is 0 Å². The molecular weight excluding hydrogens is 426 g/mol. The van der Waals surface area contributed by atoms with E-state index in [0.29, 0.717) is 29.8 Å². The van der Waals surface area contributed by atoms with Crippen molar-refractivity contribution in [3.63, 3.8) is 0 Å². The van der Waals surface area contributed by atoms with Gasteiger partial charge in [0.2, 0.25) is 11.5 Å². The summed E-state index contributed by atoms with van der Waals surface area (Å²) in [4.78, 5) is 37.4. The van der Waals surface area contributed by atoms with E-state index >= 15 is 0 Å². The third-order valence-corrected chi connectivity index (χ3v) is 5.93. The number of allylic oxidation sites excluding steroid dienone is 1. The number of para-hydroxylation sites is 1. The van der Waals surface area contributed by atoms with Crippen LogP contribution in [-0.2, 0) is 19.0 Å². The summed E-state index contributed by atoms with van der Waals surface area (Å²) in [6, 6.07) is 12.9. The van der Waals surface area contributed by atoms with Crippen LogP contribution in [0.25, 0.3) is 0 Å². The standard InChI is InChI=1S/C25H25NO7/c1-30-17-11-12-19-21(13-17)32-14-22(23(19)27)33-16-9-7-15(8-10-16)24(28)26-20-6-4-3-5-18(20)25(29)31-2/h3-10,14,17,19,21H,11-13H2,1-2H3,(H,26,28). The van der Waals surface area contributed by atoms with Crippen molar-refractivity contribution >= 4 is 23.3 Å². The number of nitrogens with one attached hydrogen (secondary N) is 1. The lowest BCUT2D eigenvalue weighted by molar-refractivity contribution is -0.133. The molecule has 1 heterocycles. The summed E-state index contributed by atoms with van der Waals surface area (Å²) in [6.45, 7) is 0. The van der Waals surface area contributed by atoms with Crippen LogP contribution in [0, 0.1) is 5.92 Å². The maximum absolute atomic E-state index is 12.8. The van der Waals surface area contributed by atoms with Crippen LogP contribution in [0.2, 0.25) is 0 Å². The van der Waals surface area contributed by atoms with Gasteiger partial charge >= 0.3 is 5.97 Å². The maximum Gasteiger partial charge on any atom is 0.339 e. The molecule has 8 nitrogen and oxygen atoms in total. The van der Waals surface area contributed by atoms with Crippen LogP contribution in [0.4, 0.5) is 5.69 Å². The minimum Gasteiger partial charge on any atom is -0.493 e. The Morgan fingerprint density at radius 1 is 1.03 bits per heavy atom. The number of benzene rings is 2. The predicted octanol–water partition coefficient (Wildman–Crippen LogP) is 3.73. The number of fused-ring (bicyclic) bond motifs is 1. The first kappa shape index (κ1) is 22.5. The van der Waals surface area contributed by atoms with E-state index in [9.17, 15) is 14.4 Å². The molecule has 2 aromatic rings. The second-order valence-corrected chi connectivity index (χ2v) is 7.92. The molecule has 0 aromatic heterocycles. The molecule has 3 atom stereocenters. The van der Waals surface area contributed by atoms with Crippen LogP contribution in [-0.4, -0.2) is 44.1 Å². The van der Waals surface area contributed by atoms with Crippen molar-refractivity contribution in [1.29, 1.82) is 0 Å². The van der Waals surface area contributed by atoms with Crippen molar-refractivity contribution in [3.05, 3.63) is 71.7 Å². The Bertz CT molecular complexity index is 1080. The lowest BCUT2D eigenvalue weighted by Gasteiger charge is -2.36. The molecule has 0 radical (unpaired) electrons. The third kappa shape index (κ3) is 4.90. The quantitative estimate of drug-likeness (QED) is 0.668. The number of carbonyl (C=O) groups excluding carboxylic acids is 3. The minimum absolute atomic E-state index is 0.0814. The summed E-state index contributed by atoms with van der Waals surface area (Å²) in [5.74, 6) is -0.699. The van der Waals surface area contributed by atoms with Crippen molar-refractivity contribution in [2.75, 3.05) is 19.5 Å². The van der Waals surface area contributed by atoms with E-state index in [1.165, 1.54) is 13.4 Å². The fraction of sp³-hybridized carbons (Fsp3) is 0.320. The second kappa shape index (κ2) is 9.87. The molecule has 8 heteroatoms. The van der Waals surface area contributed by atoms with E-state index in [4.69, 9.17) is 18.9 Å². The molecule has 1 fully saturated rings. The predicted molar refractivity (Wildman–Crippen MR) is 119 cm³/mol. The fourth-order valence-corrected chi connectivity index (χ4v) is 4.10. The Balaban J connectivity index is 1.41. The van der Waals surface area contributed by atoms with Gasteiger partial charge in [-0.3, -0.25) is 9.59 Å². The van der Waals surface area contributed by atoms with Crippen LogP contribution in [0.1, 0.15) is 40.0 Å². The van der Waals surface area contributed by atoms with Crippen LogP contribution < -0.4 is 10.1 Å². The molecule has 4 rings (SSSR count). The molecule has 0 saturated heterocycles. The van der Waals surface area contributed by atoms with Crippen molar-refractivity contribution in [2.24, 2.45) is 5.92 Å². The summed E-state index contributed by atoms with van der Waals surface area (Å²) < 4.78 is 21.6. The summed E-state index contributed by atoms with van der Waals surface area (Å²) in [6.07, 6.45) is 3.46. The molecule has 1 amide bonds. The fourth-order valence-electron chi connectivity index (χ4n) is 4.10. The normalized spacial score (nSPS) is 21.8. The summed E-state index contributed by atoms with van der Waals surface area (Å²) in [5, 5.41) is 2.71. The zero-order valence-corrected chi connectivity index (χ0v) is 18.4. The number of ketones is 1. The monoisotopic (exact) mass is 451 g/mol. The number of esters is 1. The number of methoxy groups -OCH3 is 2. The third-order valence-electron chi connectivity index (χ3n) is 5.93. The zero-order chi connectivity index (χ0) is 23.4. The van der Waals surface area contributed by atoms with Crippen molar-refractivity contribution in [2.45, 2.75) is 31.5 Å². The number of rotatable bonds is 6. The van der Waals surface area contributed by atoms with Gasteiger partial charge in [0.05, 0.1) is 30.4 Å². The summed E-state index contributed by atoms with van der Waals surface area (Å²) >= 11 is 0. The van der Waals surface area contributed by atoms with Crippen molar-refractivity contribution < 1.29 is 33.3 Å². The molecule has 172 valence electrons. The number of amides is 1. The van der Waals surface area contributed by atoms with Gasteiger partial charge in [-0.25, -0.2) is 4.79 Å². The largest absolute Gasteiger partial charge is 0.493 e. The van der Waals surface area contributed by atoms with E-state index in [2.05, 4.69) is 5.32 Å². The average molecular weight is 451 g/mol. The van der Waals surface area contributed by atoms with Gasteiger partial charge in [-0.05, 0) is 49.2 Å². The highest BCUT2D eigenvalue weighted by atomic mass is 16.5. The molecule has 3 unspecified atom stereocenters. The lowest BCUT2D eigenvalue weighted by Crippen LogP contribution is -2.42. The van der Waals surface area contributed by atoms with Crippen LogP contribution in [0.15, 0.2) is 60.6 Å². The number of Topliss-reactive ketones (excluding diaryl/α,β-unsaturated/α-hetero) is 1. The SMILES string of the molecule is COC(=O)c1ccccc1NC(=O)c1ccc(OC2=COC3CC(OC)CCC3C2=O)cc1. The maximum atomic E-state index is 12.8. The molecule has 1 aliphatic heterocycles. The van der Waals surface area contributed by atoms with Crippen LogP contribution >= 0.6 is 0 Å². The number of hydrogen-bond acceptors (Lipinski definition) is 7. The molecule has 0 spiro atoms. The van der Waals surface area contributed by atoms with E-state index in [1.807, 2.05) is 0 Å². The Hall–Kier alpha value is -3.65. The van der Waals surface area contributed by atoms with Gasteiger partial charge in [-0.15, -0.1) is 0 Å². The van der Waals surface area contributed by atoms with Crippen LogP contribution in [0.5, 0.6) is 5.75 Å². The van der Waals surface area contributed by atoms with Gasteiger partial charge in [0, 0.05) is 19.1 Å². The Labute approximate surface area is 191 Å². The Morgan fingerprint density at radius 3 is 2.52 bits per heavy atom. The highest BCUT2D eigenvalue weighted by Gasteiger charge is 2.41. The second-order valence-electron chi connectivity index (χ2n) is 7.92. The molecule has 1 saturated carbocycles.